The largest absolute Gasteiger partial charge is 0.480 e. The van der Waals surface area contributed by atoms with Crippen molar-refractivity contribution in [3.05, 3.63) is 0 Å². The highest BCUT2D eigenvalue weighted by Crippen LogP contribution is 2.15. The van der Waals surface area contributed by atoms with Crippen molar-refractivity contribution in [3.8, 4) is 0 Å². The van der Waals surface area contributed by atoms with Gasteiger partial charge in [-0.1, -0.05) is 9.59 Å². The minimum atomic E-state index is -0.982. The Morgan fingerprint density at radius 2 is 2.21 bits per heavy atom. The lowest BCUT2D eigenvalue weighted by molar-refractivity contribution is -0.145. The van der Waals surface area contributed by atoms with Crippen LogP contribution in [0.3, 0.4) is 0 Å². The second-order valence-corrected chi connectivity index (χ2v) is 4.72. The van der Waals surface area contributed by atoms with Crippen molar-refractivity contribution in [2.24, 2.45) is 0 Å². The zero-order valence-corrected chi connectivity index (χ0v) is 10.8. The zero-order chi connectivity index (χ0) is 13.7. The highest BCUT2D eigenvalue weighted by atomic mass is 32.1. The van der Waals surface area contributed by atoms with E-state index in [1.54, 1.807) is 4.90 Å². The number of carboxylic acid groups (broad SMARTS) is 1. The monoisotopic (exact) mass is 287 g/mol. The van der Waals surface area contributed by atoms with Crippen molar-refractivity contribution in [2.45, 2.75) is 18.9 Å². The summed E-state index contributed by atoms with van der Waals surface area (Å²) in [6.07, 6.45) is 1.13. The van der Waals surface area contributed by atoms with Gasteiger partial charge in [0.2, 0.25) is 5.13 Å². The molecule has 0 saturated carbocycles. The van der Waals surface area contributed by atoms with Gasteiger partial charge in [0.15, 0.2) is 0 Å². The summed E-state index contributed by atoms with van der Waals surface area (Å²) in [5, 5.41) is 18.5. The number of carbonyl (C=O) groups excluding carboxylic acids is 1. The van der Waals surface area contributed by atoms with Crippen molar-refractivity contribution in [1.29, 1.82) is 0 Å². The number of carbonyl (C=O) groups is 2. The first-order valence-corrected chi connectivity index (χ1v) is 6.47. The van der Waals surface area contributed by atoms with E-state index in [0.29, 0.717) is 31.1 Å². The maximum absolute atomic E-state index is 11.8. The Kier molecular flexibility index (Phi) is 4.58. The third-order valence-electron chi connectivity index (χ3n) is 2.68. The number of aromatic nitrogens is 3. The predicted octanol–water partition coefficient (Wildman–Crippen LogP) is 0.0306. The van der Waals surface area contributed by atoms with Crippen molar-refractivity contribution >= 4 is 28.7 Å². The van der Waals surface area contributed by atoms with Crippen LogP contribution in [0.2, 0.25) is 0 Å². The maximum Gasteiger partial charge on any atom is 0.329 e. The summed E-state index contributed by atoms with van der Waals surface area (Å²) in [6.45, 7) is 0.734. The maximum atomic E-state index is 11.8. The molecular weight excluding hydrogens is 274 g/mol. The summed E-state index contributed by atoms with van der Waals surface area (Å²) < 4.78 is 8.74. The molecule has 2 rings (SSSR count). The quantitative estimate of drug-likeness (QED) is 0.802. The van der Waals surface area contributed by atoms with Crippen LogP contribution in [0, 0.1) is 0 Å². The van der Waals surface area contributed by atoms with E-state index < -0.39 is 5.97 Å². The number of nitrogens with zero attached hydrogens (tertiary/aromatic N) is 4. The van der Waals surface area contributed by atoms with Crippen LogP contribution in [0.4, 0.5) is 9.93 Å². The van der Waals surface area contributed by atoms with Crippen LogP contribution in [0.5, 0.6) is 0 Å². The van der Waals surface area contributed by atoms with Gasteiger partial charge in [0.05, 0.1) is 6.10 Å². The molecule has 1 fully saturated rings. The van der Waals surface area contributed by atoms with Crippen LogP contribution < -0.4 is 5.32 Å². The highest BCUT2D eigenvalue weighted by molar-refractivity contribution is 7.09. The lowest BCUT2D eigenvalue weighted by Crippen LogP contribution is -2.43. The summed E-state index contributed by atoms with van der Waals surface area (Å²) in [7, 11) is 0. The van der Waals surface area contributed by atoms with Crippen LogP contribution in [-0.2, 0) is 9.53 Å². The molecule has 1 aromatic rings. The summed E-state index contributed by atoms with van der Waals surface area (Å²) in [5.74, 6) is -0.982. The van der Waals surface area contributed by atoms with E-state index in [0.717, 1.165) is 11.5 Å². The Hall–Kier alpha value is -1.81. The average Bonchev–Trinajstić information content (AvgIpc) is 2.89. The van der Waals surface area contributed by atoms with Gasteiger partial charge in [-0.15, -0.1) is 0 Å². The molecule has 19 heavy (non-hydrogen) atoms. The van der Waals surface area contributed by atoms with E-state index in [1.165, 1.54) is 0 Å². The Bertz CT molecular complexity index is 432. The number of nitrogens with one attached hydrogen (secondary N) is 1. The molecule has 0 radical (unpaired) electrons. The van der Waals surface area contributed by atoms with Crippen LogP contribution in [0.1, 0.15) is 12.8 Å². The lowest BCUT2D eigenvalue weighted by atomic mass is 10.1. The van der Waals surface area contributed by atoms with E-state index in [4.69, 9.17) is 9.84 Å². The molecule has 10 heteroatoms. The number of ether oxygens (including phenoxy) is 1. The number of rotatable bonds is 4. The molecule has 1 aromatic heterocycles. The Labute approximate surface area is 112 Å². The summed E-state index contributed by atoms with van der Waals surface area (Å²) in [6, 6.07) is -0.254. The van der Waals surface area contributed by atoms with Crippen LogP contribution >= 0.6 is 11.5 Å². The second kappa shape index (κ2) is 6.38. The molecule has 2 N–H and O–H groups in total. The fraction of sp³-hybridized carbons (Fsp3) is 0.667. The minimum Gasteiger partial charge on any atom is -0.480 e. The number of aliphatic carboxylic acids is 1. The number of amides is 2. The molecular formula is C9H13N5O4S. The second-order valence-electron chi connectivity index (χ2n) is 3.99. The number of urea groups is 1. The number of hydrogen-bond acceptors (Lipinski definition) is 7. The molecule has 0 bridgehead atoms. The number of anilines is 1. The molecule has 0 unspecified atom stereocenters. The smallest absolute Gasteiger partial charge is 0.329 e. The number of hydrogen-bond donors (Lipinski definition) is 2. The summed E-state index contributed by atoms with van der Waals surface area (Å²) >= 11 is 1.01. The molecule has 0 aliphatic carbocycles. The number of carboxylic acids is 1. The number of likely N-dealkylation sites (tertiary alicyclic amines) is 1. The third-order valence-corrected chi connectivity index (χ3v) is 3.20. The number of piperidine rings is 1. The van der Waals surface area contributed by atoms with Crippen molar-refractivity contribution in [2.75, 3.05) is 25.0 Å². The minimum absolute atomic E-state index is 0.108. The molecule has 1 aliphatic heterocycles. The molecule has 2 heterocycles. The van der Waals surface area contributed by atoms with Crippen LogP contribution in [0.25, 0.3) is 0 Å². The molecule has 1 aliphatic rings. The van der Waals surface area contributed by atoms with E-state index in [2.05, 4.69) is 20.1 Å². The fourth-order valence-electron chi connectivity index (χ4n) is 1.77. The third kappa shape index (κ3) is 4.10. The van der Waals surface area contributed by atoms with E-state index >= 15 is 0 Å². The van der Waals surface area contributed by atoms with Gasteiger partial charge in [-0.3, -0.25) is 5.32 Å². The SMILES string of the molecule is O=C(O)COC1CCN(C(=O)Nc2nnns2)CC1. The first-order chi connectivity index (χ1) is 9.15. The first kappa shape index (κ1) is 13.6. The average molecular weight is 287 g/mol. The van der Waals surface area contributed by atoms with Crippen LogP contribution in [0.15, 0.2) is 0 Å². The van der Waals surface area contributed by atoms with E-state index in [9.17, 15) is 9.59 Å². The van der Waals surface area contributed by atoms with Gasteiger partial charge in [-0.05, 0) is 18.1 Å². The van der Waals surface area contributed by atoms with Gasteiger partial charge in [0.25, 0.3) is 0 Å². The van der Waals surface area contributed by atoms with Gasteiger partial charge in [0, 0.05) is 24.6 Å². The van der Waals surface area contributed by atoms with E-state index in [-0.39, 0.29) is 18.7 Å². The van der Waals surface area contributed by atoms with Gasteiger partial charge in [-0.25, -0.2) is 9.59 Å². The Morgan fingerprint density at radius 1 is 1.47 bits per heavy atom. The van der Waals surface area contributed by atoms with E-state index in [1.807, 2.05) is 0 Å². The normalized spacial score (nSPS) is 16.3. The lowest BCUT2D eigenvalue weighted by Gasteiger charge is -2.31. The standard InChI is InChI=1S/C9H13N5O4S/c15-7(16)5-18-6-1-3-14(4-2-6)9(17)10-8-11-12-13-19-8/h6H,1-5H2,(H,15,16)(H,10,11,13,17). The fourth-order valence-corrected chi connectivity index (χ4v) is 2.12. The molecule has 9 nitrogen and oxygen atoms in total. The Morgan fingerprint density at radius 3 is 2.79 bits per heavy atom. The van der Waals surface area contributed by atoms with Crippen molar-refractivity contribution in [1.82, 2.24) is 19.7 Å². The Balaban J connectivity index is 1.73. The van der Waals surface area contributed by atoms with Gasteiger partial charge < -0.3 is 14.7 Å². The van der Waals surface area contributed by atoms with Gasteiger partial charge in [0.1, 0.15) is 6.61 Å². The van der Waals surface area contributed by atoms with Crippen molar-refractivity contribution in [3.63, 3.8) is 0 Å². The molecule has 104 valence electrons. The molecule has 2 amide bonds. The highest BCUT2D eigenvalue weighted by Gasteiger charge is 2.24. The molecule has 0 aromatic carbocycles. The predicted molar refractivity (Wildman–Crippen MR) is 64.9 cm³/mol. The first-order valence-electron chi connectivity index (χ1n) is 5.69. The van der Waals surface area contributed by atoms with Crippen LogP contribution in [-0.4, -0.2) is 62.6 Å². The van der Waals surface area contributed by atoms with Gasteiger partial charge in [-0.2, -0.15) is 0 Å². The zero-order valence-electron chi connectivity index (χ0n) is 9.98. The van der Waals surface area contributed by atoms with Gasteiger partial charge >= 0.3 is 12.0 Å². The summed E-state index contributed by atoms with van der Waals surface area (Å²) in [4.78, 5) is 23.8. The molecule has 0 spiro atoms. The molecule has 0 atom stereocenters. The molecule has 1 saturated heterocycles. The topological polar surface area (TPSA) is 118 Å². The van der Waals surface area contributed by atoms with Crippen molar-refractivity contribution < 1.29 is 19.4 Å². The summed E-state index contributed by atoms with van der Waals surface area (Å²) in [5.41, 5.74) is 0.